The van der Waals surface area contributed by atoms with Crippen molar-refractivity contribution in [2.75, 3.05) is 26.7 Å². The third-order valence-electron chi connectivity index (χ3n) is 6.56. The van der Waals surface area contributed by atoms with Crippen molar-refractivity contribution in [3.63, 3.8) is 0 Å². The van der Waals surface area contributed by atoms with Gasteiger partial charge in [0.05, 0.1) is 20.1 Å². The van der Waals surface area contributed by atoms with Crippen LogP contribution in [0.2, 0.25) is 5.02 Å². The second-order valence-electron chi connectivity index (χ2n) is 9.00. The summed E-state index contributed by atoms with van der Waals surface area (Å²) in [6.07, 6.45) is 8.03. The van der Waals surface area contributed by atoms with E-state index in [9.17, 15) is 14.4 Å². The lowest BCUT2D eigenvalue weighted by molar-refractivity contribution is -0.157. The quantitative estimate of drug-likeness (QED) is 0.228. The predicted molar refractivity (Wildman–Crippen MR) is 147 cm³/mol. The maximum absolute atomic E-state index is 13.4. The second-order valence-corrected chi connectivity index (χ2v) is 9.94. The molecular formula is C28H28Cl2N4O4. The Kier molecular flexibility index (Phi) is 8.82. The zero-order valence-corrected chi connectivity index (χ0v) is 22.4. The van der Waals surface area contributed by atoms with E-state index in [0.717, 1.165) is 27.8 Å². The molecule has 2 heterocycles. The smallest absolute Gasteiger partial charge is 0.247 e. The minimum atomic E-state index is -1.03. The van der Waals surface area contributed by atoms with Crippen LogP contribution in [-0.4, -0.2) is 70.8 Å². The number of halogens is 2. The summed E-state index contributed by atoms with van der Waals surface area (Å²) in [5.74, 6) is 2.04. The highest BCUT2D eigenvalue weighted by Gasteiger charge is 2.42. The van der Waals surface area contributed by atoms with Crippen molar-refractivity contribution in [1.29, 1.82) is 0 Å². The number of terminal acetylenes is 1. The Hall–Kier alpha value is -3.67. The number of rotatable bonds is 10. The zero-order chi connectivity index (χ0) is 27.2. The number of nitrogens with zero attached hydrogens (tertiary/aromatic N) is 2. The minimum Gasteiger partial charge on any atom is -0.497 e. The summed E-state index contributed by atoms with van der Waals surface area (Å²) < 4.78 is 5.31. The SMILES string of the molecule is C#CCN1C(=O)CN(C(Cl)Cc2ccc(Cl)cc2)C(=O)C1CC(=O)NCCc1c[nH]c2ccc(OC)cc12. The van der Waals surface area contributed by atoms with Crippen LogP contribution in [0.15, 0.2) is 48.7 Å². The van der Waals surface area contributed by atoms with E-state index >= 15 is 0 Å². The molecule has 2 aromatic carbocycles. The van der Waals surface area contributed by atoms with Gasteiger partial charge >= 0.3 is 0 Å². The standard InChI is InChI=1S/C28H28Cl2N4O4/c1-3-12-33-24(28(37)34(17-27(33)36)25(30)13-18-4-6-20(29)7-5-18)15-26(35)31-11-10-19-16-32-23-9-8-21(38-2)14-22(19)23/h1,4-9,14,16,24-25,32H,10-13,15,17H2,2H3,(H,31,35). The summed E-state index contributed by atoms with van der Waals surface area (Å²) in [7, 11) is 1.61. The van der Waals surface area contributed by atoms with Crippen molar-refractivity contribution >= 4 is 51.8 Å². The number of benzene rings is 2. The van der Waals surface area contributed by atoms with E-state index in [-0.39, 0.29) is 31.3 Å². The molecule has 2 unspecified atom stereocenters. The van der Waals surface area contributed by atoms with Crippen LogP contribution < -0.4 is 10.1 Å². The molecule has 2 atom stereocenters. The van der Waals surface area contributed by atoms with Crippen molar-refractivity contribution in [2.45, 2.75) is 30.8 Å². The molecule has 10 heteroatoms. The number of piperazine rings is 1. The molecule has 38 heavy (non-hydrogen) atoms. The van der Waals surface area contributed by atoms with E-state index in [0.29, 0.717) is 24.4 Å². The summed E-state index contributed by atoms with van der Waals surface area (Å²) in [4.78, 5) is 45.0. The number of nitrogens with one attached hydrogen (secondary N) is 2. The molecule has 2 N–H and O–H groups in total. The minimum absolute atomic E-state index is 0.0718. The molecule has 4 rings (SSSR count). The fourth-order valence-electron chi connectivity index (χ4n) is 4.55. The molecule has 3 amide bonds. The third kappa shape index (κ3) is 6.24. The molecule has 0 saturated carbocycles. The number of methoxy groups -OCH3 is 1. The first-order chi connectivity index (χ1) is 18.3. The molecule has 1 aliphatic rings. The van der Waals surface area contributed by atoms with Crippen LogP contribution in [0.4, 0.5) is 0 Å². The Labute approximate surface area is 231 Å². The van der Waals surface area contributed by atoms with Crippen LogP contribution in [0, 0.1) is 12.3 Å². The molecular weight excluding hydrogens is 527 g/mol. The lowest BCUT2D eigenvalue weighted by atomic mass is 10.0. The number of hydrogen-bond donors (Lipinski definition) is 2. The van der Waals surface area contributed by atoms with Gasteiger partial charge in [-0.3, -0.25) is 14.4 Å². The summed E-state index contributed by atoms with van der Waals surface area (Å²) >= 11 is 12.5. The number of ether oxygens (including phenoxy) is 1. The molecule has 1 aliphatic heterocycles. The highest BCUT2D eigenvalue weighted by atomic mass is 35.5. The van der Waals surface area contributed by atoms with Crippen molar-refractivity contribution in [2.24, 2.45) is 0 Å². The van der Waals surface area contributed by atoms with Gasteiger partial charge < -0.3 is 24.8 Å². The molecule has 1 aromatic heterocycles. The number of hydrogen-bond acceptors (Lipinski definition) is 4. The van der Waals surface area contributed by atoms with Gasteiger partial charge in [-0.1, -0.05) is 41.3 Å². The van der Waals surface area contributed by atoms with Gasteiger partial charge in [-0.2, -0.15) is 0 Å². The van der Waals surface area contributed by atoms with Gasteiger partial charge in [0.2, 0.25) is 17.7 Å². The molecule has 3 aromatic rings. The molecule has 1 fully saturated rings. The van der Waals surface area contributed by atoms with Gasteiger partial charge in [0.1, 0.15) is 23.8 Å². The first-order valence-corrected chi connectivity index (χ1v) is 12.9. The van der Waals surface area contributed by atoms with Crippen LogP contribution in [0.3, 0.4) is 0 Å². The number of carbonyl (C=O) groups excluding carboxylic acids is 3. The molecule has 0 spiro atoms. The molecule has 0 aliphatic carbocycles. The summed E-state index contributed by atoms with van der Waals surface area (Å²) in [5.41, 5.74) is 2.09. The molecule has 198 valence electrons. The van der Waals surface area contributed by atoms with Crippen LogP contribution in [0.1, 0.15) is 17.5 Å². The van der Waals surface area contributed by atoms with Gasteiger partial charge in [-0.25, -0.2) is 0 Å². The fraction of sp³-hybridized carbons (Fsp3) is 0.321. The van der Waals surface area contributed by atoms with E-state index in [4.69, 9.17) is 34.4 Å². The van der Waals surface area contributed by atoms with Gasteiger partial charge in [0.25, 0.3) is 0 Å². The Morgan fingerprint density at radius 3 is 2.74 bits per heavy atom. The highest BCUT2D eigenvalue weighted by Crippen LogP contribution is 2.25. The molecule has 1 saturated heterocycles. The Morgan fingerprint density at radius 2 is 2.03 bits per heavy atom. The monoisotopic (exact) mass is 554 g/mol. The van der Waals surface area contributed by atoms with Crippen molar-refractivity contribution in [3.05, 3.63) is 64.8 Å². The Balaban J connectivity index is 1.40. The topological polar surface area (TPSA) is 94.7 Å². The largest absolute Gasteiger partial charge is 0.497 e. The van der Waals surface area contributed by atoms with Crippen LogP contribution >= 0.6 is 23.2 Å². The fourth-order valence-corrected chi connectivity index (χ4v) is 5.01. The average molecular weight is 555 g/mol. The number of carbonyl (C=O) groups is 3. The van der Waals surface area contributed by atoms with E-state index in [1.165, 1.54) is 9.80 Å². The number of aromatic amines is 1. The number of fused-ring (bicyclic) bond motifs is 1. The van der Waals surface area contributed by atoms with Crippen LogP contribution in [0.5, 0.6) is 5.75 Å². The van der Waals surface area contributed by atoms with Crippen molar-refractivity contribution in [3.8, 4) is 18.1 Å². The predicted octanol–water partition coefficient (Wildman–Crippen LogP) is 3.36. The van der Waals surface area contributed by atoms with Crippen molar-refractivity contribution in [1.82, 2.24) is 20.1 Å². The zero-order valence-electron chi connectivity index (χ0n) is 20.9. The first-order valence-electron chi connectivity index (χ1n) is 12.1. The van der Waals surface area contributed by atoms with Crippen LogP contribution in [-0.2, 0) is 27.2 Å². The van der Waals surface area contributed by atoms with E-state index in [1.54, 1.807) is 19.2 Å². The molecule has 0 bridgehead atoms. The lowest BCUT2D eigenvalue weighted by Crippen LogP contribution is -2.62. The maximum atomic E-state index is 13.4. The number of alkyl halides is 1. The van der Waals surface area contributed by atoms with Gasteiger partial charge in [-0.15, -0.1) is 6.42 Å². The number of H-pyrrole nitrogens is 1. The van der Waals surface area contributed by atoms with Crippen molar-refractivity contribution < 1.29 is 19.1 Å². The number of aromatic nitrogens is 1. The van der Waals surface area contributed by atoms with Gasteiger partial charge in [-0.05, 0) is 47.9 Å². The Bertz CT molecular complexity index is 1370. The summed E-state index contributed by atoms with van der Waals surface area (Å²) in [6, 6.07) is 11.8. The van der Waals surface area contributed by atoms with Gasteiger partial charge in [0, 0.05) is 35.1 Å². The van der Waals surface area contributed by atoms with Crippen LogP contribution in [0.25, 0.3) is 10.9 Å². The third-order valence-corrected chi connectivity index (χ3v) is 7.20. The van der Waals surface area contributed by atoms with Gasteiger partial charge in [0.15, 0.2) is 0 Å². The summed E-state index contributed by atoms with van der Waals surface area (Å²) in [5, 5.41) is 4.46. The second kappa shape index (κ2) is 12.2. The summed E-state index contributed by atoms with van der Waals surface area (Å²) in [6.45, 7) is 0.0769. The maximum Gasteiger partial charge on any atom is 0.247 e. The molecule has 0 radical (unpaired) electrons. The molecule has 8 nitrogen and oxygen atoms in total. The lowest BCUT2D eigenvalue weighted by Gasteiger charge is -2.41. The highest BCUT2D eigenvalue weighted by molar-refractivity contribution is 6.30. The van der Waals surface area contributed by atoms with E-state index in [2.05, 4.69) is 16.2 Å². The number of amides is 3. The first kappa shape index (κ1) is 27.4. The van der Waals surface area contributed by atoms with E-state index in [1.807, 2.05) is 36.5 Å². The Morgan fingerprint density at radius 1 is 1.26 bits per heavy atom. The van der Waals surface area contributed by atoms with E-state index < -0.39 is 17.5 Å². The average Bonchev–Trinajstić information content (AvgIpc) is 3.31. The normalized spacial score (nSPS) is 16.4.